The Kier molecular flexibility index (Phi) is 5.20. The standard InChI is InChI=1S/C12H20N2O/c1-3-8-13-12(15)10-14(4-2)9-11-6-5-7-11/h1,11H,4-10H2,2H3,(H,13,15). The zero-order valence-electron chi connectivity index (χ0n) is 9.46. The van der Waals surface area contributed by atoms with Crippen molar-refractivity contribution in [3.8, 4) is 12.3 Å². The summed E-state index contributed by atoms with van der Waals surface area (Å²) < 4.78 is 0. The van der Waals surface area contributed by atoms with E-state index in [1.54, 1.807) is 0 Å². The predicted octanol–water partition coefficient (Wildman–Crippen LogP) is 0.858. The van der Waals surface area contributed by atoms with Crippen molar-refractivity contribution in [1.29, 1.82) is 0 Å². The molecule has 84 valence electrons. The van der Waals surface area contributed by atoms with Crippen molar-refractivity contribution in [3.05, 3.63) is 0 Å². The molecule has 1 rings (SSSR count). The predicted molar refractivity (Wildman–Crippen MR) is 61.3 cm³/mol. The Labute approximate surface area is 92.2 Å². The molecular formula is C12H20N2O. The average molecular weight is 208 g/mol. The summed E-state index contributed by atoms with van der Waals surface area (Å²) in [6.45, 7) is 4.89. The lowest BCUT2D eigenvalue weighted by Gasteiger charge is -2.31. The molecule has 0 bridgehead atoms. The van der Waals surface area contributed by atoms with Gasteiger partial charge in [0.25, 0.3) is 0 Å². The molecule has 0 saturated heterocycles. The quantitative estimate of drug-likeness (QED) is 0.657. The monoisotopic (exact) mass is 208 g/mol. The SMILES string of the molecule is C#CCNC(=O)CN(CC)CC1CCC1. The summed E-state index contributed by atoms with van der Waals surface area (Å²) in [6.07, 6.45) is 9.07. The number of carbonyl (C=O) groups excluding carboxylic acids is 1. The highest BCUT2D eigenvalue weighted by atomic mass is 16.2. The highest BCUT2D eigenvalue weighted by molar-refractivity contribution is 5.78. The molecule has 0 aromatic heterocycles. The van der Waals surface area contributed by atoms with Crippen LogP contribution >= 0.6 is 0 Å². The molecule has 0 heterocycles. The maximum atomic E-state index is 11.4. The third-order valence-electron chi connectivity index (χ3n) is 2.94. The Balaban J connectivity index is 2.19. The van der Waals surface area contributed by atoms with E-state index in [0.29, 0.717) is 13.1 Å². The summed E-state index contributed by atoms with van der Waals surface area (Å²) in [5, 5.41) is 2.69. The first-order valence-electron chi connectivity index (χ1n) is 5.68. The molecule has 0 aliphatic heterocycles. The van der Waals surface area contributed by atoms with Gasteiger partial charge in [-0.05, 0) is 25.3 Å². The Morgan fingerprint density at radius 1 is 1.60 bits per heavy atom. The Hall–Kier alpha value is -1.01. The minimum atomic E-state index is 0.0362. The van der Waals surface area contributed by atoms with Crippen molar-refractivity contribution in [2.45, 2.75) is 26.2 Å². The Morgan fingerprint density at radius 3 is 2.80 bits per heavy atom. The van der Waals surface area contributed by atoms with Crippen LogP contribution in [0.5, 0.6) is 0 Å². The summed E-state index contributed by atoms with van der Waals surface area (Å²) in [5.41, 5.74) is 0. The molecule has 15 heavy (non-hydrogen) atoms. The van der Waals surface area contributed by atoms with Crippen LogP contribution in [0.4, 0.5) is 0 Å². The van der Waals surface area contributed by atoms with Crippen molar-refractivity contribution in [3.63, 3.8) is 0 Å². The molecule has 0 aromatic rings. The Bertz CT molecular complexity index is 240. The lowest BCUT2D eigenvalue weighted by molar-refractivity contribution is -0.122. The number of terminal acetylenes is 1. The molecule has 0 atom stereocenters. The van der Waals surface area contributed by atoms with E-state index >= 15 is 0 Å². The van der Waals surface area contributed by atoms with Crippen LogP contribution in [0.25, 0.3) is 0 Å². The molecule has 1 fully saturated rings. The van der Waals surface area contributed by atoms with Crippen LogP contribution in [0.1, 0.15) is 26.2 Å². The topological polar surface area (TPSA) is 32.3 Å². The van der Waals surface area contributed by atoms with Gasteiger partial charge in [-0.25, -0.2) is 0 Å². The second kappa shape index (κ2) is 6.47. The Morgan fingerprint density at radius 2 is 2.33 bits per heavy atom. The van der Waals surface area contributed by atoms with Crippen LogP contribution in [0, 0.1) is 18.3 Å². The van der Waals surface area contributed by atoms with Gasteiger partial charge in [-0.15, -0.1) is 6.42 Å². The number of likely N-dealkylation sites (N-methyl/N-ethyl adjacent to an activating group) is 1. The van der Waals surface area contributed by atoms with E-state index in [4.69, 9.17) is 6.42 Å². The van der Waals surface area contributed by atoms with Gasteiger partial charge in [0.15, 0.2) is 0 Å². The minimum Gasteiger partial charge on any atom is -0.344 e. The fourth-order valence-corrected chi connectivity index (χ4v) is 1.75. The van der Waals surface area contributed by atoms with Gasteiger partial charge >= 0.3 is 0 Å². The van der Waals surface area contributed by atoms with Crippen molar-refractivity contribution in [2.75, 3.05) is 26.2 Å². The average Bonchev–Trinajstić information content (AvgIpc) is 2.18. The van der Waals surface area contributed by atoms with E-state index in [-0.39, 0.29) is 5.91 Å². The van der Waals surface area contributed by atoms with Gasteiger partial charge in [0.2, 0.25) is 5.91 Å². The van der Waals surface area contributed by atoms with Gasteiger partial charge < -0.3 is 5.32 Å². The maximum Gasteiger partial charge on any atom is 0.234 e. The third kappa shape index (κ3) is 4.35. The van der Waals surface area contributed by atoms with Gasteiger partial charge in [0.1, 0.15) is 0 Å². The smallest absolute Gasteiger partial charge is 0.234 e. The first-order chi connectivity index (χ1) is 7.26. The van der Waals surface area contributed by atoms with Crippen molar-refractivity contribution < 1.29 is 4.79 Å². The number of nitrogens with one attached hydrogen (secondary N) is 1. The molecule has 0 spiro atoms. The molecule has 1 amide bonds. The number of nitrogens with zero attached hydrogens (tertiary/aromatic N) is 1. The number of rotatable bonds is 6. The summed E-state index contributed by atoms with van der Waals surface area (Å²) in [4.78, 5) is 13.6. The van der Waals surface area contributed by atoms with Crippen LogP contribution in [0.15, 0.2) is 0 Å². The van der Waals surface area contributed by atoms with Crippen molar-refractivity contribution >= 4 is 5.91 Å². The highest BCUT2D eigenvalue weighted by Crippen LogP contribution is 2.26. The van der Waals surface area contributed by atoms with Gasteiger partial charge in [-0.1, -0.05) is 19.3 Å². The molecule has 3 nitrogen and oxygen atoms in total. The highest BCUT2D eigenvalue weighted by Gasteiger charge is 2.20. The zero-order chi connectivity index (χ0) is 11.1. The second-order valence-electron chi connectivity index (χ2n) is 4.11. The summed E-state index contributed by atoms with van der Waals surface area (Å²) >= 11 is 0. The molecule has 0 unspecified atom stereocenters. The van der Waals surface area contributed by atoms with E-state index in [1.165, 1.54) is 19.3 Å². The van der Waals surface area contributed by atoms with E-state index in [0.717, 1.165) is 19.0 Å². The molecular weight excluding hydrogens is 188 g/mol. The van der Waals surface area contributed by atoms with Crippen LogP contribution in [-0.4, -0.2) is 37.0 Å². The third-order valence-corrected chi connectivity index (χ3v) is 2.94. The normalized spacial score (nSPS) is 15.8. The van der Waals surface area contributed by atoms with Gasteiger partial charge in [0, 0.05) is 6.54 Å². The van der Waals surface area contributed by atoms with Gasteiger partial charge in [-0.2, -0.15) is 0 Å². The molecule has 1 saturated carbocycles. The number of carbonyl (C=O) groups is 1. The summed E-state index contributed by atoms with van der Waals surface area (Å²) in [6, 6.07) is 0. The second-order valence-corrected chi connectivity index (χ2v) is 4.11. The molecule has 1 N–H and O–H groups in total. The number of amides is 1. The molecule has 1 aliphatic rings. The van der Waals surface area contributed by atoms with E-state index in [1.807, 2.05) is 0 Å². The molecule has 1 aliphatic carbocycles. The number of hydrogen-bond donors (Lipinski definition) is 1. The van der Waals surface area contributed by atoms with Crippen LogP contribution in [0.2, 0.25) is 0 Å². The first kappa shape index (κ1) is 12.1. The zero-order valence-corrected chi connectivity index (χ0v) is 9.46. The fraction of sp³-hybridized carbons (Fsp3) is 0.750. The van der Waals surface area contributed by atoms with Crippen LogP contribution in [0.3, 0.4) is 0 Å². The van der Waals surface area contributed by atoms with E-state index in [9.17, 15) is 4.79 Å². The van der Waals surface area contributed by atoms with Crippen LogP contribution < -0.4 is 5.32 Å². The maximum absolute atomic E-state index is 11.4. The van der Waals surface area contributed by atoms with E-state index in [2.05, 4.69) is 23.1 Å². The van der Waals surface area contributed by atoms with E-state index < -0.39 is 0 Å². The summed E-state index contributed by atoms with van der Waals surface area (Å²) in [7, 11) is 0. The fourth-order valence-electron chi connectivity index (χ4n) is 1.75. The lowest BCUT2D eigenvalue weighted by Crippen LogP contribution is -2.40. The first-order valence-corrected chi connectivity index (χ1v) is 5.68. The van der Waals surface area contributed by atoms with Gasteiger partial charge in [-0.3, -0.25) is 9.69 Å². The minimum absolute atomic E-state index is 0.0362. The molecule has 0 aromatic carbocycles. The van der Waals surface area contributed by atoms with Crippen LogP contribution in [-0.2, 0) is 4.79 Å². The molecule has 0 radical (unpaired) electrons. The van der Waals surface area contributed by atoms with Crippen molar-refractivity contribution in [1.82, 2.24) is 10.2 Å². The lowest BCUT2D eigenvalue weighted by atomic mass is 9.85. The summed E-state index contributed by atoms with van der Waals surface area (Å²) in [5.74, 6) is 3.25. The number of hydrogen-bond acceptors (Lipinski definition) is 2. The van der Waals surface area contributed by atoms with Gasteiger partial charge in [0.05, 0.1) is 13.1 Å². The largest absolute Gasteiger partial charge is 0.344 e. The van der Waals surface area contributed by atoms with Crippen molar-refractivity contribution in [2.24, 2.45) is 5.92 Å². The molecule has 3 heteroatoms.